The van der Waals surface area contributed by atoms with Crippen molar-refractivity contribution in [2.75, 3.05) is 39.5 Å². The third kappa shape index (κ3) is 7.76. The molecule has 8 heteroatoms. The molecule has 1 heterocycles. The first kappa shape index (κ1) is 25.0. The second kappa shape index (κ2) is 13.2. The fourth-order valence-electron chi connectivity index (χ4n) is 3.72. The summed E-state index contributed by atoms with van der Waals surface area (Å²) in [5, 5.41) is 3.03. The van der Waals surface area contributed by atoms with Crippen molar-refractivity contribution >= 4 is 30.7 Å². The predicted molar refractivity (Wildman–Crippen MR) is 115 cm³/mol. The minimum absolute atomic E-state index is 0. The Kier molecular flexibility index (Phi) is 11.8. The zero-order chi connectivity index (χ0) is 18.2. The highest BCUT2D eigenvalue weighted by Crippen LogP contribution is 2.26. The second-order valence-corrected chi connectivity index (χ2v) is 7.25. The van der Waals surface area contributed by atoms with E-state index in [2.05, 4.69) is 10.2 Å². The molecule has 2 atom stereocenters. The number of ether oxygens (including phenoxy) is 2. The maximum Gasteiger partial charge on any atom is 0.220 e. The van der Waals surface area contributed by atoms with Crippen LogP contribution in [0.1, 0.15) is 31.2 Å². The number of hydrogen-bond donors (Lipinski definition) is 2. The van der Waals surface area contributed by atoms with Crippen molar-refractivity contribution in [3.8, 4) is 5.75 Å². The Morgan fingerprint density at radius 3 is 2.68 bits per heavy atom. The van der Waals surface area contributed by atoms with Gasteiger partial charge in [0.05, 0.1) is 13.2 Å². The summed E-state index contributed by atoms with van der Waals surface area (Å²) in [6, 6.07) is 8.09. The van der Waals surface area contributed by atoms with Crippen LogP contribution >= 0.6 is 24.8 Å². The molecule has 1 aliphatic carbocycles. The maximum atomic E-state index is 12.2. The van der Waals surface area contributed by atoms with Crippen LogP contribution in [-0.2, 0) is 16.1 Å². The molecule has 1 aromatic carbocycles. The van der Waals surface area contributed by atoms with Gasteiger partial charge in [-0.3, -0.25) is 9.69 Å². The van der Waals surface area contributed by atoms with Crippen LogP contribution in [0.2, 0.25) is 0 Å². The minimum atomic E-state index is 0. The molecule has 160 valence electrons. The number of amides is 1. The van der Waals surface area contributed by atoms with E-state index in [9.17, 15) is 4.79 Å². The molecule has 2 aliphatic rings. The lowest BCUT2D eigenvalue weighted by Gasteiger charge is -2.26. The number of carbonyl (C=O) groups is 1. The number of rotatable bonds is 8. The number of morpholine rings is 1. The van der Waals surface area contributed by atoms with Gasteiger partial charge in [0.15, 0.2) is 0 Å². The first-order chi connectivity index (χ1) is 12.7. The van der Waals surface area contributed by atoms with E-state index in [4.69, 9.17) is 15.2 Å². The van der Waals surface area contributed by atoms with Gasteiger partial charge in [0.1, 0.15) is 12.4 Å². The summed E-state index contributed by atoms with van der Waals surface area (Å²) in [6.07, 6.45) is 3.77. The van der Waals surface area contributed by atoms with Crippen LogP contribution in [0.4, 0.5) is 0 Å². The second-order valence-electron chi connectivity index (χ2n) is 7.25. The molecule has 0 unspecified atom stereocenters. The average Bonchev–Trinajstić information content (AvgIpc) is 3.06. The molecule has 2 fully saturated rings. The van der Waals surface area contributed by atoms with Gasteiger partial charge in [0, 0.05) is 44.2 Å². The number of halogens is 2. The average molecular weight is 434 g/mol. The van der Waals surface area contributed by atoms with Gasteiger partial charge in [0.25, 0.3) is 0 Å². The number of nitrogens with zero attached hydrogens (tertiary/aromatic N) is 1. The van der Waals surface area contributed by atoms with Crippen molar-refractivity contribution < 1.29 is 14.3 Å². The standard InChI is InChI=1S/C20H31N3O3.2ClH/c21-18-6-3-5-16(18)14-20(24)22-15-17-4-1-2-7-19(17)26-13-10-23-8-11-25-12-9-23;;/h1-2,4,7,16,18H,3,5-6,8-15,21H2,(H,22,24);2*1H/t16-,18+;;/m0../s1. The van der Waals surface area contributed by atoms with Crippen LogP contribution in [0.3, 0.4) is 0 Å². The van der Waals surface area contributed by atoms with Gasteiger partial charge in [0.2, 0.25) is 5.91 Å². The van der Waals surface area contributed by atoms with Gasteiger partial charge in [-0.2, -0.15) is 0 Å². The van der Waals surface area contributed by atoms with E-state index >= 15 is 0 Å². The molecular weight excluding hydrogens is 401 g/mol. The van der Waals surface area contributed by atoms with Crippen LogP contribution in [-0.4, -0.2) is 56.3 Å². The molecule has 1 aromatic rings. The Bertz CT molecular complexity index is 586. The number of para-hydroxylation sites is 1. The number of hydrogen-bond acceptors (Lipinski definition) is 5. The molecule has 6 nitrogen and oxygen atoms in total. The van der Waals surface area contributed by atoms with Crippen molar-refractivity contribution in [3.05, 3.63) is 29.8 Å². The van der Waals surface area contributed by atoms with Crippen LogP contribution in [0.15, 0.2) is 24.3 Å². The van der Waals surface area contributed by atoms with Crippen LogP contribution < -0.4 is 15.8 Å². The Labute approximate surface area is 180 Å². The first-order valence-corrected chi connectivity index (χ1v) is 9.75. The van der Waals surface area contributed by atoms with E-state index in [0.717, 1.165) is 63.4 Å². The number of carbonyl (C=O) groups excluding carboxylic acids is 1. The zero-order valence-electron chi connectivity index (χ0n) is 16.3. The summed E-state index contributed by atoms with van der Waals surface area (Å²) in [6.45, 7) is 5.55. The topological polar surface area (TPSA) is 76.8 Å². The summed E-state index contributed by atoms with van der Waals surface area (Å²) in [5.41, 5.74) is 7.08. The molecule has 1 amide bonds. The van der Waals surface area contributed by atoms with Gasteiger partial charge in [-0.1, -0.05) is 24.6 Å². The van der Waals surface area contributed by atoms with E-state index < -0.39 is 0 Å². The molecule has 3 rings (SSSR count). The van der Waals surface area contributed by atoms with Crippen molar-refractivity contribution in [3.63, 3.8) is 0 Å². The molecule has 1 aliphatic heterocycles. The first-order valence-electron chi connectivity index (χ1n) is 9.75. The fraction of sp³-hybridized carbons (Fsp3) is 0.650. The summed E-state index contributed by atoms with van der Waals surface area (Å²) < 4.78 is 11.3. The van der Waals surface area contributed by atoms with Crippen molar-refractivity contribution in [1.82, 2.24) is 10.2 Å². The van der Waals surface area contributed by atoms with Gasteiger partial charge in [-0.05, 0) is 24.8 Å². The minimum Gasteiger partial charge on any atom is -0.492 e. The van der Waals surface area contributed by atoms with E-state index in [1.807, 2.05) is 24.3 Å². The normalized spacial score (nSPS) is 22.0. The molecule has 0 aromatic heterocycles. The Morgan fingerprint density at radius 1 is 1.21 bits per heavy atom. The quantitative estimate of drug-likeness (QED) is 0.657. The molecular formula is C20H33Cl2N3O3. The highest BCUT2D eigenvalue weighted by Gasteiger charge is 2.25. The lowest BCUT2D eigenvalue weighted by molar-refractivity contribution is -0.122. The number of nitrogens with two attached hydrogens (primary N) is 1. The van der Waals surface area contributed by atoms with Crippen molar-refractivity contribution in [2.45, 2.75) is 38.3 Å². The van der Waals surface area contributed by atoms with Crippen molar-refractivity contribution in [2.24, 2.45) is 11.7 Å². The Hall–Kier alpha value is -1.05. The van der Waals surface area contributed by atoms with E-state index in [1.165, 1.54) is 0 Å². The smallest absolute Gasteiger partial charge is 0.220 e. The van der Waals surface area contributed by atoms with E-state index in [-0.39, 0.29) is 36.8 Å². The van der Waals surface area contributed by atoms with Gasteiger partial charge in [-0.15, -0.1) is 24.8 Å². The van der Waals surface area contributed by atoms with Crippen LogP contribution in [0.25, 0.3) is 0 Å². The number of benzene rings is 1. The Morgan fingerprint density at radius 2 is 1.96 bits per heavy atom. The third-order valence-electron chi connectivity index (χ3n) is 5.38. The molecule has 1 saturated heterocycles. The SMILES string of the molecule is Cl.Cl.N[C@@H]1CCC[C@H]1CC(=O)NCc1ccccc1OCCN1CCOCC1. The molecule has 0 bridgehead atoms. The molecule has 3 N–H and O–H groups in total. The summed E-state index contributed by atoms with van der Waals surface area (Å²) in [4.78, 5) is 14.6. The fourth-order valence-corrected chi connectivity index (χ4v) is 3.72. The predicted octanol–water partition coefficient (Wildman–Crippen LogP) is 2.37. The maximum absolute atomic E-state index is 12.2. The summed E-state index contributed by atoms with van der Waals surface area (Å²) in [7, 11) is 0. The summed E-state index contributed by atoms with van der Waals surface area (Å²) in [5.74, 6) is 1.25. The zero-order valence-corrected chi connectivity index (χ0v) is 17.9. The van der Waals surface area contributed by atoms with Crippen LogP contribution in [0.5, 0.6) is 5.75 Å². The van der Waals surface area contributed by atoms with E-state index in [1.54, 1.807) is 0 Å². The number of nitrogens with one attached hydrogen (secondary N) is 1. The molecule has 0 spiro atoms. The van der Waals surface area contributed by atoms with Gasteiger partial charge in [-0.25, -0.2) is 0 Å². The molecule has 1 saturated carbocycles. The summed E-state index contributed by atoms with van der Waals surface area (Å²) >= 11 is 0. The molecule has 0 radical (unpaired) electrons. The van der Waals surface area contributed by atoms with Gasteiger partial charge >= 0.3 is 0 Å². The highest BCUT2D eigenvalue weighted by atomic mass is 35.5. The van der Waals surface area contributed by atoms with Crippen LogP contribution in [0, 0.1) is 5.92 Å². The molecule has 28 heavy (non-hydrogen) atoms. The lowest BCUT2D eigenvalue weighted by Crippen LogP contribution is -2.38. The largest absolute Gasteiger partial charge is 0.492 e. The monoisotopic (exact) mass is 433 g/mol. The lowest BCUT2D eigenvalue weighted by atomic mass is 10.00. The van der Waals surface area contributed by atoms with E-state index in [0.29, 0.717) is 25.5 Å². The van der Waals surface area contributed by atoms with Crippen molar-refractivity contribution in [1.29, 1.82) is 0 Å². The third-order valence-corrected chi connectivity index (χ3v) is 5.38. The Balaban J connectivity index is 0.00000196. The van der Waals surface area contributed by atoms with Gasteiger partial charge < -0.3 is 20.5 Å². The highest BCUT2D eigenvalue weighted by molar-refractivity contribution is 5.85.